The van der Waals surface area contributed by atoms with E-state index in [0.717, 1.165) is 38.5 Å². The van der Waals surface area contributed by atoms with Gasteiger partial charge in [0.15, 0.2) is 0 Å². The Hall–Kier alpha value is -6.03. The van der Waals surface area contributed by atoms with E-state index in [0.29, 0.717) is 35.8 Å². The van der Waals surface area contributed by atoms with Crippen LogP contribution in [0, 0.1) is 0 Å². The summed E-state index contributed by atoms with van der Waals surface area (Å²) in [6, 6.07) is 34.6. The Morgan fingerprint density at radius 2 is 0.556 bits per heavy atom. The van der Waals surface area contributed by atoms with Crippen molar-refractivity contribution >= 4 is 29.5 Å². The van der Waals surface area contributed by atoms with Gasteiger partial charge in [0.2, 0.25) is 42.1 Å². The molecular formula is C48H50O12S3. The summed E-state index contributed by atoms with van der Waals surface area (Å²) in [4.78, 5) is 0.321. The molecule has 0 fully saturated rings. The Morgan fingerprint density at radius 1 is 0.349 bits per heavy atom. The molecule has 0 saturated carbocycles. The monoisotopic (exact) mass is 914 g/mol. The molecule has 2 N–H and O–H groups in total. The van der Waals surface area contributed by atoms with Crippen molar-refractivity contribution in [2.24, 2.45) is 0 Å². The summed E-state index contributed by atoms with van der Waals surface area (Å²) in [5.41, 5.74) is 0. The number of phenols is 2. The highest BCUT2D eigenvalue weighted by atomic mass is 32.2. The Balaban J connectivity index is 1.09. The summed E-state index contributed by atoms with van der Waals surface area (Å²) >= 11 is 0. The van der Waals surface area contributed by atoms with Gasteiger partial charge in [0.1, 0.15) is 34.5 Å². The van der Waals surface area contributed by atoms with Crippen molar-refractivity contribution in [3.8, 4) is 34.5 Å². The zero-order valence-corrected chi connectivity index (χ0v) is 37.3. The maximum Gasteiger partial charge on any atom is 0.241 e. The summed E-state index contributed by atoms with van der Waals surface area (Å²) in [6.07, 6.45) is 4.98. The van der Waals surface area contributed by atoms with E-state index in [-0.39, 0.29) is 40.9 Å². The van der Waals surface area contributed by atoms with Crippen LogP contribution >= 0.6 is 0 Å². The third-order valence-electron chi connectivity index (χ3n) is 9.99. The summed E-state index contributed by atoms with van der Waals surface area (Å²) in [5.74, 6) is 1.47. The van der Waals surface area contributed by atoms with Crippen LogP contribution in [0.2, 0.25) is 0 Å². The summed E-state index contributed by atoms with van der Waals surface area (Å²) in [7, 11) is -11.6. The van der Waals surface area contributed by atoms with Gasteiger partial charge in [0.25, 0.3) is 0 Å². The van der Waals surface area contributed by atoms with Crippen molar-refractivity contribution in [2.75, 3.05) is 0 Å². The third kappa shape index (κ3) is 12.1. The van der Waals surface area contributed by atoms with Crippen LogP contribution in [0.25, 0.3) is 0 Å². The highest BCUT2D eigenvalue weighted by Gasteiger charge is 2.23. The number of aromatic hydroxyl groups is 2. The van der Waals surface area contributed by atoms with Crippen LogP contribution in [0.1, 0.15) is 65.2 Å². The lowest BCUT2D eigenvalue weighted by atomic mass is 10.2. The number of ether oxygens (including phenoxy) is 4. The van der Waals surface area contributed by atoms with Crippen molar-refractivity contribution in [3.63, 3.8) is 0 Å². The minimum atomic E-state index is -3.94. The lowest BCUT2D eigenvalue weighted by Crippen LogP contribution is -2.24. The van der Waals surface area contributed by atoms with E-state index < -0.39 is 42.1 Å². The fraction of sp³-hybridized carbons (Fsp3) is 0.250. The Bertz CT molecular complexity index is 2540. The van der Waals surface area contributed by atoms with Gasteiger partial charge in [-0.3, -0.25) is 0 Å². The number of rotatable bonds is 22. The molecule has 63 heavy (non-hydrogen) atoms. The van der Waals surface area contributed by atoms with Gasteiger partial charge in [-0.15, -0.1) is 0 Å². The largest absolute Gasteiger partial charge is 0.508 e. The summed E-state index contributed by atoms with van der Waals surface area (Å²) in [6.45, 7) is 4.15. The molecule has 2 unspecified atom stereocenters. The SMILES string of the molecule is CCCCCC(Oc1ccc(S(=O)(=O)c2ccc(O)cc2)cc1)Oc1ccc(S(=O)(=O)c2ccc(OC(CCCCC)Oc3ccc(S(=O)(=O)c4ccc(O)cc4)cc3)cc2)cc1. The fourth-order valence-corrected chi connectivity index (χ4v) is 10.2. The van der Waals surface area contributed by atoms with Crippen LogP contribution in [0.4, 0.5) is 0 Å². The van der Waals surface area contributed by atoms with E-state index in [1.54, 1.807) is 48.5 Å². The molecule has 0 aliphatic rings. The second-order valence-electron chi connectivity index (χ2n) is 14.7. The second kappa shape index (κ2) is 20.9. The first-order chi connectivity index (χ1) is 30.2. The second-order valence-corrected chi connectivity index (χ2v) is 20.6. The molecule has 0 bridgehead atoms. The fourth-order valence-electron chi connectivity index (χ4n) is 6.46. The molecule has 0 spiro atoms. The smallest absolute Gasteiger partial charge is 0.241 e. The predicted octanol–water partition coefficient (Wildman–Crippen LogP) is 10.3. The topological polar surface area (TPSA) is 180 Å². The molecule has 0 aliphatic carbocycles. The van der Waals surface area contributed by atoms with Gasteiger partial charge in [-0.1, -0.05) is 39.5 Å². The third-order valence-corrected chi connectivity index (χ3v) is 15.3. The maximum atomic E-state index is 13.7. The minimum Gasteiger partial charge on any atom is -0.508 e. The molecule has 0 saturated heterocycles. The lowest BCUT2D eigenvalue weighted by Gasteiger charge is -2.21. The van der Waals surface area contributed by atoms with Crippen molar-refractivity contribution in [1.29, 1.82) is 0 Å². The van der Waals surface area contributed by atoms with E-state index in [1.165, 1.54) is 97.1 Å². The molecule has 15 heteroatoms. The van der Waals surface area contributed by atoms with Gasteiger partial charge in [0.05, 0.1) is 29.4 Å². The van der Waals surface area contributed by atoms with E-state index in [4.69, 9.17) is 18.9 Å². The molecule has 6 aromatic carbocycles. The lowest BCUT2D eigenvalue weighted by molar-refractivity contribution is -0.00278. The van der Waals surface area contributed by atoms with Crippen LogP contribution in [0.15, 0.2) is 175 Å². The van der Waals surface area contributed by atoms with Gasteiger partial charge < -0.3 is 29.2 Å². The molecule has 0 aromatic heterocycles. The number of sulfone groups is 3. The van der Waals surface area contributed by atoms with Gasteiger partial charge in [-0.25, -0.2) is 25.3 Å². The number of phenolic OH excluding ortho intramolecular Hbond substituents is 2. The molecule has 0 aliphatic heterocycles. The van der Waals surface area contributed by atoms with E-state index in [9.17, 15) is 35.5 Å². The number of hydrogen-bond donors (Lipinski definition) is 2. The molecule has 0 amide bonds. The normalized spacial score (nSPS) is 12.9. The molecule has 6 rings (SSSR count). The van der Waals surface area contributed by atoms with Gasteiger partial charge in [-0.05, 0) is 158 Å². The first kappa shape index (κ1) is 46.5. The van der Waals surface area contributed by atoms with Gasteiger partial charge in [0, 0.05) is 12.8 Å². The van der Waals surface area contributed by atoms with E-state index in [2.05, 4.69) is 13.8 Å². The van der Waals surface area contributed by atoms with E-state index in [1.807, 2.05) is 0 Å². The van der Waals surface area contributed by atoms with Crippen LogP contribution in [0.3, 0.4) is 0 Å². The molecular weight excluding hydrogens is 865 g/mol. The summed E-state index contributed by atoms with van der Waals surface area (Å²) < 4.78 is 104. The quantitative estimate of drug-likeness (QED) is 0.0487. The van der Waals surface area contributed by atoms with Crippen LogP contribution in [0.5, 0.6) is 34.5 Å². The molecule has 12 nitrogen and oxygen atoms in total. The predicted molar refractivity (Wildman–Crippen MR) is 237 cm³/mol. The van der Waals surface area contributed by atoms with Crippen molar-refractivity contribution in [2.45, 2.75) is 107 Å². The van der Waals surface area contributed by atoms with Crippen LogP contribution in [-0.4, -0.2) is 48.0 Å². The number of benzene rings is 6. The Labute approximate surface area is 369 Å². The van der Waals surface area contributed by atoms with Crippen molar-refractivity contribution < 1.29 is 54.4 Å². The Morgan fingerprint density at radius 3 is 0.762 bits per heavy atom. The highest BCUT2D eigenvalue weighted by molar-refractivity contribution is 7.92. The number of hydrogen-bond acceptors (Lipinski definition) is 12. The summed E-state index contributed by atoms with van der Waals surface area (Å²) in [5, 5.41) is 19.1. The average molecular weight is 915 g/mol. The number of unbranched alkanes of at least 4 members (excludes halogenated alkanes) is 4. The first-order valence-electron chi connectivity index (χ1n) is 20.6. The molecule has 0 heterocycles. The van der Waals surface area contributed by atoms with Crippen molar-refractivity contribution in [3.05, 3.63) is 146 Å². The highest BCUT2D eigenvalue weighted by Crippen LogP contribution is 2.30. The molecule has 2 atom stereocenters. The zero-order valence-electron chi connectivity index (χ0n) is 34.9. The van der Waals surface area contributed by atoms with Crippen molar-refractivity contribution in [1.82, 2.24) is 0 Å². The molecule has 0 radical (unpaired) electrons. The zero-order chi connectivity index (χ0) is 45.0. The van der Waals surface area contributed by atoms with Gasteiger partial charge >= 0.3 is 0 Å². The minimum absolute atomic E-state index is 0.0375. The van der Waals surface area contributed by atoms with Crippen LogP contribution in [-0.2, 0) is 29.5 Å². The van der Waals surface area contributed by atoms with E-state index >= 15 is 0 Å². The van der Waals surface area contributed by atoms with Crippen LogP contribution < -0.4 is 18.9 Å². The standard InChI is InChI=1S/C48H50O12S3/c1-3-5-7-9-47(57-37-15-27-43(28-16-37)61(51,52)41-23-11-35(49)12-24-41)59-39-19-31-45(32-20-39)63(55,56)46-33-21-40(22-34-46)60-48(10-8-6-4-2)58-38-17-29-44(30-18-38)62(53,54)42-25-13-36(50)14-26-42/h11-34,47-50H,3-10H2,1-2H3. The van der Waals surface area contributed by atoms with Gasteiger partial charge in [-0.2, -0.15) is 0 Å². The first-order valence-corrected chi connectivity index (χ1v) is 25.0. The maximum absolute atomic E-state index is 13.7. The molecule has 6 aromatic rings. The average Bonchev–Trinajstić information content (AvgIpc) is 3.27. The Kier molecular flexibility index (Phi) is 15.4. The molecule has 332 valence electrons.